The molecule has 0 amide bonds. The highest BCUT2D eigenvalue weighted by molar-refractivity contribution is 6.36. The zero-order valence-corrected chi connectivity index (χ0v) is 22.4. The topological polar surface area (TPSA) is 32.3 Å². The summed E-state index contributed by atoms with van der Waals surface area (Å²) in [6, 6.07) is 10.7. The molecule has 1 unspecified atom stereocenters. The zero-order valence-electron chi connectivity index (χ0n) is 21.7. The second kappa shape index (κ2) is 10.6. The van der Waals surface area contributed by atoms with Gasteiger partial charge in [0.05, 0.1) is 10.5 Å². The largest absolute Gasteiger partial charge is 0.372 e. The highest BCUT2D eigenvalue weighted by Crippen LogP contribution is 2.38. The van der Waals surface area contributed by atoms with E-state index in [0.29, 0.717) is 5.92 Å². The van der Waals surface area contributed by atoms with E-state index >= 15 is 0 Å². The number of benzene rings is 1. The van der Waals surface area contributed by atoms with Gasteiger partial charge in [0.2, 0.25) is 0 Å². The summed E-state index contributed by atoms with van der Waals surface area (Å²) in [6.45, 7) is 17.1. The molecule has 0 radical (unpaired) electrons. The molecule has 5 heteroatoms. The number of unbranched alkanes of at least 4 members (excludes halogenated alkanes) is 1. The normalized spacial score (nSPS) is 17.8. The van der Waals surface area contributed by atoms with Crippen LogP contribution in [0.3, 0.4) is 0 Å². The fourth-order valence-corrected chi connectivity index (χ4v) is 5.98. The third-order valence-corrected chi connectivity index (χ3v) is 8.33. The van der Waals surface area contributed by atoms with Crippen LogP contribution in [0.5, 0.6) is 0 Å². The van der Waals surface area contributed by atoms with Gasteiger partial charge in [0.1, 0.15) is 0 Å². The molecule has 3 heterocycles. The summed E-state index contributed by atoms with van der Waals surface area (Å²) in [5.74, 6) is 0.389. The van der Waals surface area contributed by atoms with Crippen molar-refractivity contribution in [2.24, 2.45) is 0 Å². The summed E-state index contributed by atoms with van der Waals surface area (Å²) >= 11 is 6.94. The van der Waals surface area contributed by atoms with E-state index in [0.717, 1.165) is 90.4 Å². The standard InChI is InChI=1S/C31H37ClN4/c1-5-6-7-22(3)35-14-16-36(17-15-35)23(4)24-8-10-26-29(19-24)34-30-20-25(9-11-27(30)31(26)32)28-18-21(2)12-13-33-28/h8,10,12-13,18-19,25H,3-7,9,11,14-17,20H2,1-2H3. The lowest BCUT2D eigenvalue weighted by molar-refractivity contribution is 0.209. The number of aromatic nitrogens is 2. The molecule has 2 aromatic heterocycles. The first-order chi connectivity index (χ1) is 17.4. The second-order valence-electron chi connectivity index (χ2n) is 10.4. The molecule has 1 aromatic carbocycles. The molecule has 0 N–H and O–H groups in total. The van der Waals surface area contributed by atoms with Crippen molar-refractivity contribution < 1.29 is 0 Å². The molecule has 2 aliphatic rings. The molecule has 0 spiro atoms. The van der Waals surface area contributed by atoms with Gasteiger partial charge in [0.15, 0.2) is 0 Å². The molecule has 188 valence electrons. The molecular weight excluding hydrogens is 464 g/mol. The van der Waals surface area contributed by atoms with Crippen LogP contribution < -0.4 is 0 Å². The van der Waals surface area contributed by atoms with E-state index in [1.54, 1.807) is 0 Å². The van der Waals surface area contributed by atoms with Crippen LogP contribution in [0.25, 0.3) is 16.6 Å². The van der Waals surface area contributed by atoms with Crippen molar-refractivity contribution in [1.29, 1.82) is 0 Å². The lowest BCUT2D eigenvalue weighted by atomic mass is 9.83. The average Bonchev–Trinajstić information content (AvgIpc) is 2.91. The van der Waals surface area contributed by atoms with Crippen molar-refractivity contribution in [3.63, 3.8) is 0 Å². The lowest BCUT2D eigenvalue weighted by Gasteiger charge is -2.39. The van der Waals surface area contributed by atoms with Gasteiger partial charge in [-0.2, -0.15) is 0 Å². The van der Waals surface area contributed by atoms with Gasteiger partial charge in [-0.1, -0.05) is 50.2 Å². The molecule has 4 nitrogen and oxygen atoms in total. The van der Waals surface area contributed by atoms with E-state index in [1.165, 1.54) is 29.7 Å². The van der Waals surface area contributed by atoms with E-state index in [-0.39, 0.29) is 0 Å². The van der Waals surface area contributed by atoms with Crippen molar-refractivity contribution in [3.05, 3.63) is 88.5 Å². The maximum Gasteiger partial charge on any atom is 0.0727 e. The van der Waals surface area contributed by atoms with E-state index in [4.69, 9.17) is 16.6 Å². The molecule has 1 aliphatic heterocycles. The summed E-state index contributed by atoms with van der Waals surface area (Å²) in [5.41, 5.74) is 9.16. The highest BCUT2D eigenvalue weighted by Gasteiger charge is 2.26. The van der Waals surface area contributed by atoms with Crippen LogP contribution in [0.4, 0.5) is 0 Å². The summed E-state index contributed by atoms with van der Waals surface area (Å²) in [4.78, 5) is 14.6. The molecule has 36 heavy (non-hydrogen) atoms. The van der Waals surface area contributed by atoms with Crippen LogP contribution in [-0.4, -0.2) is 45.9 Å². The summed E-state index contributed by atoms with van der Waals surface area (Å²) in [7, 11) is 0. The third kappa shape index (κ3) is 5.01. The number of aryl methyl sites for hydroxylation is 1. The van der Waals surface area contributed by atoms with Gasteiger partial charge >= 0.3 is 0 Å². The van der Waals surface area contributed by atoms with Gasteiger partial charge in [-0.25, -0.2) is 0 Å². The van der Waals surface area contributed by atoms with Crippen molar-refractivity contribution >= 4 is 28.2 Å². The van der Waals surface area contributed by atoms with Crippen LogP contribution in [-0.2, 0) is 12.8 Å². The van der Waals surface area contributed by atoms with Gasteiger partial charge in [0, 0.05) is 66.5 Å². The number of piperazine rings is 1. The molecule has 3 aromatic rings. The molecule has 1 saturated heterocycles. The highest BCUT2D eigenvalue weighted by atomic mass is 35.5. The summed E-state index contributed by atoms with van der Waals surface area (Å²) in [5, 5.41) is 1.90. The Bertz CT molecular complexity index is 1290. The maximum absolute atomic E-state index is 6.94. The smallest absolute Gasteiger partial charge is 0.0727 e. The number of pyridine rings is 2. The third-order valence-electron chi connectivity index (χ3n) is 7.90. The maximum atomic E-state index is 6.94. The predicted octanol–water partition coefficient (Wildman–Crippen LogP) is 7.16. The van der Waals surface area contributed by atoms with Crippen LogP contribution in [0, 0.1) is 6.92 Å². The lowest BCUT2D eigenvalue weighted by Crippen LogP contribution is -2.44. The van der Waals surface area contributed by atoms with Crippen molar-refractivity contribution in [3.8, 4) is 0 Å². The van der Waals surface area contributed by atoms with Crippen LogP contribution >= 0.6 is 11.6 Å². The molecule has 0 saturated carbocycles. The fraction of sp³-hybridized carbons (Fsp3) is 0.419. The number of allylic oxidation sites excluding steroid dienone is 1. The second-order valence-corrected chi connectivity index (χ2v) is 10.7. The Morgan fingerprint density at radius 3 is 2.61 bits per heavy atom. The minimum Gasteiger partial charge on any atom is -0.372 e. The molecular formula is C31H37ClN4. The monoisotopic (exact) mass is 500 g/mol. The first-order valence-electron chi connectivity index (χ1n) is 13.3. The van der Waals surface area contributed by atoms with Gasteiger partial charge in [0.25, 0.3) is 0 Å². The average molecular weight is 501 g/mol. The minimum atomic E-state index is 0.389. The molecule has 1 aliphatic carbocycles. The van der Waals surface area contributed by atoms with E-state index < -0.39 is 0 Å². The molecule has 1 atom stereocenters. The summed E-state index contributed by atoms with van der Waals surface area (Å²) in [6.07, 6.45) is 8.32. The predicted molar refractivity (Wildman–Crippen MR) is 151 cm³/mol. The first kappa shape index (κ1) is 24.8. The number of nitrogens with zero attached hydrogens (tertiary/aromatic N) is 4. The quantitative estimate of drug-likeness (QED) is 0.344. The number of rotatable bonds is 7. The fourth-order valence-electron chi connectivity index (χ4n) is 5.62. The Labute approximate surface area is 220 Å². The van der Waals surface area contributed by atoms with E-state index in [1.807, 2.05) is 6.20 Å². The van der Waals surface area contributed by atoms with E-state index in [9.17, 15) is 0 Å². The van der Waals surface area contributed by atoms with Crippen molar-refractivity contribution in [1.82, 2.24) is 19.8 Å². The van der Waals surface area contributed by atoms with Gasteiger partial charge < -0.3 is 9.80 Å². The van der Waals surface area contributed by atoms with Crippen molar-refractivity contribution in [2.45, 2.75) is 58.3 Å². The van der Waals surface area contributed by atoms with Gasteiger partial charge in [-0.15, -0.1) is 0 Å². The van der Waals surface area contributed by atoms with E-state index in [2.05, 4.69) is 72.1 Å². The molecule has 1 fully saturated rings. The number of fused-ring (bicyclic) bond motifs is 2. The Kier molecular flexibility index (Phi) is 7.34. The van der Waals surface area contributed by atoms with Crippen LogP contribution in [0.2, 0.25) is 5.02 Å². The molecule has 5 rings (SSSR count). The van der Waals surface area contributed by atoms with Gasteiger partial charge in [-0.3, -0.25) is 9.97 Å². The van der Waals surface area contributed by atoms with Gasteiger partial charge in [-0.05, 0) is 73.9 Å². The Morgan fingerprint density at radius 1 is 1.08 bits per heavy atom. The Morgan fingerprint density at radius 2 is 1.86 bits per heavy atom. The zero-order chi connectivity index (χ0) is 25.2. The Hall–Kier alpha value is -2.85. The Balaban J connectivity index is 1.34. The minimum absolute atomic E-state index is 0.389. The SMILES string of the molecule is C=C(CCCC)N1CCN(C(=C)c2ccc3c(Cl)c4c(nc3c2)CC(c2cc(C)ccn2)CC4)CC1. The van der Waals surface area contributed by atoms with Crippen molar-refractivity contribution in [2.75, 3.05) is 26.2 Å². The number of hydrogen-bond acceptors (Lipinski definition) is 4. The van der Waals surface area contributed by atoms with Crippen LogP contribution in [0.15, 0.2) is 55.4 Å². The number of hydrogen-bond donors (Lipinski definition) is 0. The first-order valence-corrected chi connectivity index (χ1v) is 13.7. The summed E-state index contributed by atoms with van der Waals surface area (Å²) < 4.78 is 0. The number of halogens is 1. The van der Waals surface area contributed by atoms with Crippen LogP contribution in [0.1, 0.15) is 66.6 Å². The molecule has 0 bridgehead atoms.